The van der Waals surface area contributed by atoms with Crippen LogP contribution in [-0.4, -0.2) is 10.2 Å². The van der Waals surface area contributed by atoms with E-state index < -0.39 is 12.2 Å². The van der Waals surface area contributed by atoms with Crippen LogP contribution in [0.2, 0.25) is 0 Å². The Hall–Kier alpha value is -2.16. The third kappa shape index (κ3) is 2.44. The van der Waals surface area contributed by atoms with Gasteiger partial charge in [0.1, 0.15) is 12.2 Å². The number of benzene rings is 3. The first-order valence-electron chi connectivity index (χ1n) is 6.65. The zero-order chi connectivity index (χ0) is 13.9. The van der Waals surface area contributed by atoms with Crippen molar-refractivity contribution in [1.82, 2.24) is 0 Å². The lowest BCUT2D eigenvalue weighted by molar-refractivity contribution is 0.0173. The predicted molar refractivity (Wildman–Crippen MR) is 80.3 cm³/mol. The number of hydrogen-bond donors (Lipinski definition) is 2. The van der Waals surface area contributed by atoms with Crippen LogP contribution in [0.1, 0.15) is 23.3 Å². The van der Waals surface area contributed by atoms with Crippen molar-refractivity contribution in [1.29, 1.82) is 0 Å². The van der Waals surface area contributed by atoms with E-state index in [0.29, 0.717) is 5.56 Å². The molecule has 0 spiro atoms. The van der Waals surface area contributed by atoms with Gasteiger partial charge >= 0.3 is 0 Å². The summed E-state index contributed by atoms with van der Waals surface area (Å²) in [4.78, 5) is 0. The van der Waals surface area contributed by atoms with E-state index in [0.717, 1.165) is 16.3 Å². The van der Waals surface area contributed by atoms with Crippen molar-refractivity contribution in [2.24, 2.45) is 0 Å². The number of fused-ring (bicyclic) bond motifs is 1. The summed E-state index contributed by atoms with van der Waals surface area (Å²) in [5.41, 5.74) is 1.44. The molecule has 0 saturated heterocycles. The van der Waals surface area contributed by atoms with Gasteiger partial charge in [0.05, 0.1) is 0 Å². The molecule has 0 heterocycles. The molecule has 100 valence electrons. The van der Waals surface area contributed by atoms with Crippen LogP contribution < -0.4 is 0 Å². The minimum Gasteiger partial charge on any atom is -0.385 e. The smallest absolute Gasteiger partial charge is 0.109 e. The molecule has 0 aliphatic heterocycles. The van der Waals surface area contributed by atoms with E-state index in [1.807, 2.05) is 72.8 Å². The second kappa shape index (κ2) is 5.45. The van der Waals surface area contributed by atoms with Gasteiger partial charge in [-0.2, -0.15) is 0 Å². The fourth-order valence-electron chi connectivity index (χ4n) is 2.41. The van der Waals surface area contributed by atoms with Crippen LogP contribution in [0.15, 0.2) is 72.8 Å². The fraction of sp³-hybridized carbons (Fsp3) is 0.111. The normalized spacial score (nSPS) is 14.1. The molecule has 0 unspecified atom stereocenters. The van der Waals surface area contributed by atoms with Crippen molar-refractivity contribution in [2.75, 3.05) is 0 Å². The van der Waals surface area contributed by atoms with Crippen molar-refractivity contribution in [3.05, 3.63) is 83.9 Å². The summed E-state index contributed by atoms with van der Waals surface area (Å²) in [5.74, 6) is 0. The Morgan fingerprint density at radius 1 is 0.550 bits per heavy atom. The van der Waals surface area contributed by atoms with E-state index in [2.05, 4.69) is 0 Å². The van der Waals surface area contributed by atoms with Crippen molar-refractivity contribution >= 4 is 10.8 Å². The van der Waals surface area contributed by atoms with Crippen LogP contribution >= 0.6 is 0 Å². The minimum atomic E-state index is -0.929. The van der Waals surface area contributed by atoms with E-state index in [9.17, 15) is 10.2 Å². The summed E-state index contributed by atoms with van der Waals surface area (Å²) in [6, 6.07) is 22.9. The fourth-order valence-corrected chi connectivity index (χ4v) is 2.41. The van der Waals surface area contributed by atoms with Crippen LogP contribution in [0.5, 0.6) is 0 Å². The Morgan fingerprint density at radius 2 is 1.15 bits per heavy atom. The molecule has 0 aromatic heterocycles. The molecule has 0 bridgehead atoms. The lowest BCUT2D eigenvalue weighted by atomic mass is 9.96. The molecule has 3 aromatic carbocycles. The molecule has 0 amide bonds. The average Bonchev–Trinajstić information content (AvgIpc) is 2.54. The molecule has 3 rings (SSSR count). The Kier molecular flexibility index (Phi) is 3.50. The van der Waals surface area contributed by atoms with Crippen molar-refractivity contribution in [2.45, 2.75) is 12.2 Å². The maximum absolute atomic E-state index is 10.4. The second-order valence-corrected chi connectivity index (χ2v) is 4.91. The van der Waals surface area contributed by atoms with Crippen molar-refractivity contribution < 1.29 is 10.2 Å². The van der Waals surface area contributed by atoms with Gasteiger partial charge in [-0.15, -0.1) is 0 Å². The summed E-state index contributed by atoms with van der Waals surface area (Å²) in [6.07, 6.45) is -1.85. The van der Waals surface area contributed by atoms with Gasteiger partial charge < -0.3 is 10.2 Å². The lowest BCUT2D eigenvalue weighted by Gasteiger charge is -2.19. The molecular formula is C18H16O2. The van der Waals surface area contributed by atoms with E-state index in [-0.39, 0.29) is 0 Å². The minimum absolute atomic E-state index is 0.716. The van der Waals surface area contributed by atoms with E-state index in [1.165, 1.54) is 0 Å². The van der Waals surface area contributed by atoms with Gasteiger partial charge in [0, 0.05) is 0 Å². The Labute approximate surface area is 117 Å². The Bertz CT molecular complexity index is 707. The van der Waals surface area contributed by atoms with Crippen molar-refractivity contribution in [3.63, 3.8) is 0 Å². The first-order chi connectivity index (χ1) is 9.75. The summed E-state index contributed by atoms with van der Waals surface area (Å²) in [7, 11) is 0. The number of rotatable bonds is 3. The Balaban J connectivity index is 1.94. The molecule has 3 aromatic rings. The molecule has 0 saturated carbocycles. The van der Waals surface area contributed by atoms with Crippen LogP contribution in [0, 0.1) is 0 Å². The summed E-state index contributed by atoms with van der Waals surface area (Å²) in [6.45, 7) is 0. The van der Waals surface area contributed by atoms with Gasteiger partial charge in [-0.05, 0) is 28.0 Å². The third-order valence-electron chi connectivity index (χ3n) is 3.56. The van der Waals surface area contributed by atoms with Gasteiger partial charge in [0.15, 0.2) is 0 Å². The molecule has 0 fully saturated rings. The van der Waals surface area contributed by atoms with Crippen LogP contribution in [0.3, 0.4) is 0 Å². The van der Waals surface area contributed by atoms with Gasteiger partial charge in [-0.3, -0.25) is 0 Å². The van der Waals surface area contributed by atoms with E-state index in [4.69, 9.17) is 0 Å². The molecule has 2 nitrogen and oxygen atoms in total. The summed E-state index contributed by atoms with van der Waals surface area (Å²) < 4.78 is 0. The highest BCUT2D eigenvalue weighted by atomic mass is 16.3. The maximum Gasteiger partial charge on any atom is 0.109 e. The average molecular weight is 264 g/mol. The summed E-state index contributed by atoms with van der Waals surface area (Å²) >= 11 is 0. The van der Waals surface area contributed by atoms with Crippen LogP contribution in [0.4, 0.5) is 0 Å². The highest BCUT2D eigenvalue weighted by Crippen LogP contribution is 2.30. The first kappa shape index (κ1) is 12.9. The molecular weight excluding hydrogens is 248 g/mol. The molecule has 0 radical (unpaired) electrons. The third-order valence-corrected chi connectivity index (χ3v) is 3.56. The lowest BCUT2D eigenvalue weighted by Crippen LogP contribution is -2.10. The Morgan fingerprint density at radius 3 is 1.90 bits per heavy atom. The second-order valence-electron chi connectivity index (χ2n) is 4.91. The van der Waals surface area contributed by atoms with Crippen molar-refractivity contribution in [3.8, 4) is 0 Å². The molecule has 20 heavy (non-hydrogen) atoms. The molecule has 0 aliphatic rings. The molecule has 0 aliphatic carbocycles. The highest BCUT2D eigenvalue weighted by molar-refractivity contribution is 5.83. The maximum atomic E-state index is 10.4. The molecule has 2 heteroatoms. The summed E-state index contributed by atoms with van der Waals surface area (Å²) in [5, 5.41) is 22.8. The SMILES string of the molecule is O[C@H](c1ccccc1)[C@H](O)c1ccc2ccccc2c1. The number of aliphatic hydroxyl groups is 2. The zero-order valence-corrected chi connectivity index (χ0v) is 11.0. The quantitative estimate of drug-likeness (QED) is 0.758. The molecule has 2 N–H and O–H groups in total. The highest BCUT2D eigenvalue weighted by Gasteiger charge is 2.20. The van der Waals surface area contributed by atoms with Crippen LogP contribution in [0.25, 0.3) is 10.8 Å². The van der Waals surface area contributed by atoms with Gasteiger partial charge in [0.25, 0.3) is 0 Å². The van der Waals surface area contributed by atoms with Gasteiger partial charge in [-0.25, -0.2) is 0 Å². The van der Waals surface area contributed by atoms with Crippen LogP contribution in [-0.2, 0) is 0 Å². The predicted octanol–water partition coefficient (Wildman–Crippen LogP) is 3.61. The number of hydrogen-bond acceptors (Lipinski definition) is 2. The topological polar surface area (TPSA) is 40.5 Å². The zero-order valence-electron chi connectivity index (χ0n) is 11.0. The molecule has 2 atom stereocenters. The standard InChI is InChI=1S/C18H16O2/c19-17(14-7-2-1-3-8-14)18(20)16-11-10-13-6-4-5-9-15(13)12-16/h1-12,17-20H/t17-,18-/m1/s1. The first-order valence-corrected chi connectivity index (χ1v) is 6.65. The van der Waals surface area contributed by atoms with Gasteiger partial charge in [0.2, 0.25) is 0 Å². The van der Waals surface area contributed by atoms with E-state index in [1.54, 1.807) is 0 Å². The largest absolute Gasteiger partial charge is 0.385 e. The number of aliphatic hydroxyl groups excluding tert-OH is 2. The monoisotopic (exact) mass is 264 g/mol. The van der Waals surface area contributed by atoms with E-state index >= 15 is 0 Å². The van der Waals surface area contributed by atoms with Gasteiger partial charge in [-0.1, -0.05) is 66.7 Å².